The number of ether oxygens (including phenoxy) is 1. The van der Waals surface area contributed by atoms with Crippen LogP contribution in [0.25, 0.3) is 0 Å². The number of fused-ring (bicyclic) bond motifs is 1. The first-order valence-corrected chi connectivity index (χ1v) is 6.10. The molecule has 0 aromatic rings. The van der Waals surface area contributed by atoms with Gasteiger partial charge in [0.05, 0.1) is 18.2 Å². The predicted molar refractivity (Wildman–Crippen MR) is 59.2 cm³/mol. The Labute approximate surface area is 101 Å². The molecule has 17 heavy (non-hydrogen) atoms. The van der Waals surface area contributed by atoms with Crippen molar-refractivity contribution >= 4 is 16.9 Å². The summed E-state index contributed by atoms with van der Waals surface area (Å²) >= 11 is 1.23. The maximum atomic E-state index is 12.4. The highest BCUT2D eigenvalue weighted by Crippen LogP contribution is 2.35. The van der Waals surface area contributed by atoms with Crippen molar-refractivity contribution in [3.8, 4) is 0 Å². The van der Waals surface area contributed by atoms with Crippen molar-refractivity contribution in [1.82, 2.24) is 5.32 Å². The van der Waals surface area contributed by atoms with Crippen molar-refractivity contribution in [1.29, 1.82) is 0 Å². The summed E-state index contributed by atoms with van der Waals surface area (Å²) in [5.74, 6) is 0. The maximum absolute atomic E-state index is 12.4. The van der Waals surface area contributed by atoms with E-state index in [0.717, 1.165) is 0 Å². The number of aliphatic hydroxyl groups is 2. The Kier molecular flexibility index (Phi) is 3.86. The number of aliphatic hydroxyl groups excluding tert-OH is 2. The van der Waals surface area contributed by atoms with Crippen LogP contribution >= 0.6 is 11.8 Å². The fourth-order valence-electron chi connectivity index (χ4n) is 1.93. The van der Waals surface area contributed by atoms with E-state index in [1.807, 2.05) is 0 Å². The fourth-order valence-corrected chi connectivity index (χ4v) is 3.05. The average Bonchev–Trinajstić information content (AvgIpc) is 2.71. The quantitative estimate of drug-likeness (QED) is 0.645. The molecule has 0 saturated carbocycles. The second kappa shape index (κ2) is 5.05. The molecular formula is C9H14F2N2O3S. The van der Waals surface area contributed by atoms with Crippen molar-refractivity contribution in [3.63, 3.8) is 0 Å². The zero-order chi connectivity index (χ0) is 12.6. The highest BCUT2D eigenvalue weighted by atomic mass is 32.2. The molecular weight excluding hydrogens is 254 g/mol. The number of nitrogens with one attached hydrogen (secondary N) is 1. The van der Waals surface area contributed by atoms with Gasteiger partial charge in [-0.25, -0.2) is 8.78 Å². The smallest absolute Gasteiger partial charge is 0.266 e. The van der Waals surface area contributed by atoms with Crippen molar-refractivity contribution in [2.24, 2.45) is 4.99 Å². The second-order valence-corrected chi connectivity index (χ2v) is 5.07. The third-order valence-electron chi connectivity index (χ3n) is 2.85. The van der Waals surface area contributed by atoms with Crippen LogP contribution in [0.15, 0.2) is 4.99 Å². The van der Waals surface area contributed by atoms with Gasteiger partial charge in [0.25, 0.3) is 6.43 Å². The standard InChI is InChI=1S/C9H14F2N2O3S/c1-12-9-13-5-3(14)2-4(6(15)7(10)11)16-8(5)17-9/h3-8,14-15H,2H2,1H3,(H,12,13). The van der Waals surface area contributed by atoms with Crippen molar-refractivity contribution in [2.45, 2.75) is 42.6 Å². The Morgan fingerprint density at radius 3 is 2.88 bits per heavy atom. The minimum absolute atomic E-state index is 0.0166. The van der Waals surface area contributed by atoms with Crippen LogP contribution in [0.5, 0.6) is 0 Å². The lowest BCUT2D eigenvalue weighted by atomic mass is 9.98. The second-order valence-electron chi connectivity index (χ2n) is 3.99. The number of rotatable bonds is 2. The van der Waals surface area contributed by atoms with Crippen molar-refractivity contribution < 1.29 is 23.7 Å². The van der Waals surface area contributed by atoms with E-state index in [2.05, 4.69) is 10.3 Å². The molecule has 5 unspecified atom stereocenters. The van der Waals surface area contributed by atoms with Crippen LogP contribution in [-0.2, 0) is 4.74 Å². The van der Waals surface area contributed by atoms with Crippen LogP contribution in [0, 0.1) is 0 Å². The van der Waals surface area contributed by atoms with E-state index in [0.29, 0.717) is 5.17 Å². The van der Waals surface area contributed by atoms with E-state index in [-0.39, 0.29) is 12.5 Å². The van der Waals surface area contributed by atoms with Gasteiger partial charge in [-0.15, -0.1) is 0 Å². The molecule has 98 valence electrons. The molecule has 2 saturated heterocycles. The van der Waals surface area contributed by atoms with Crippen LogP contribution in [0.2, 0.25) is 0 Å². The topological polar surface area (TPSA) is 74.1 Å². The third-order valence-corrected chi connectivity index (χ3v) is 4.01. The van der Waals surface area contributed by atoms with Gasteiger partial charge in [0.2, 0.25) is 0 Å². The van der Waals surface area contributed by atoms with Gasteiger partial charge in [0, 0.05) is 13.5 Å². The molecule has 2 fully saturated rings. The Balaban J connectivity index is 2.05. The number of halogens is 2. The van der Waals surface area contributed by atoms with Gasteiger partial charge in [-0.2, -0.15) is 0 Å². The number of nitrogens with zero attached hydrogens (tertiary/aromatic N) is 1. The number of aliphatic imine (C=N–C) groups is 1. The van der Waals surface area contributed by atoms with Gasteiger partial charge in [-0.3, -0.25) is 4.99 Å². The SMILES string of the molecule is CN=C1NC2C(O)CC(C(O)C(F)F)OC2S1. The van der Waals surface area contributed by atoms with E-state index >= 15 is 0 Å². The van der Waals surface area contributed by atoms with Crippen molar-refractivity contribution in [3.05, 3.63) is 0 Å². The zero-order valence-corrected chi connectivity index (χ0v) is 9.90. The van der Waals surface area contributed by atoms with Crippen molar-refractivity contribution in [2.75, 3.05) is 7.05 Å². The number of thioether (sulfide) groups is 1. The first kappa shape index (κ1) is 13.0. The molecule has 0 aliphatic carbocycles. The minimum atomic E-state index is -2.87. The van der Waals surface area contributed by atoms with Gasteiger partial charge >= 0.3 is 0 Å². The Hall–Kier alpha value is -0.440. The highest BCUT2D eigenvalue weighted by molar-refractivity contribution is 8.14. The summed E-state index contributed by atoms with van der Waals surface area (Å²) in [6.45, 7) is 0. The van der Waals surface area contributed by atoms with E-state index < -0.39 is 30.2 Å². The largest absolute Gasteiger partial charge is 0.391 e. The van der Waals surface area contributed by atoms with Crippen LogP contribution in [-0.4, -0.2) is 58.6 Å². The molecule has 5 nitrogen and oxygen atoms in total. The van der Waals surface area contributed by atoms with E-state index in [1.54, 1.807) is 7.05 Å². The van der Waals surface area contributed by atoms with Crippen LogP contribution < -0.4 is 5.32 Å². The number of hydrogen-bond acceptors (Lipinski definition) is 5. The molecule has 0 aromatic heterocycles. The average molecular weight is 268 g/mol. The predicted octanol–water partition coefficient (Wildman–Crippen LogP) is -0.221. The van der Waals surface area contributed by atoms with Gasteiger partial charge < -0.3 is 20.3 Å². The summed E-state index contributed by atoms with van der Waals surface area (Å²) in [4.78, 5) is 3.92. The number of amidine groups is 1. The molecule has 2 rings (SSSR count). The lowest BCUT2D eigenvalue weighted by Crippen LogP contribution is -2.53. The molecule has 0 aromatic carbocycles. The van der Waals surface area contributed by atoms with E-state index in [4.69, 9.17) is 4.74 Å². The number of alkyl halides is 2. The summed E-state index contributed by atoms with van der Waals surface area (Å²) < 4.78 is 30.1. The number of hydrogen-bond donors (Lipinski definition) is 3. The van der Waals surface area contributed by atoms with Gasteiger partial charge in [-0.1, -0.05) is 11.8 Å². The first-order chi connectivity index (χ1) is 8.02. The normalized spacial score (nSPS) is 41.4. The molecule has 0 radical (unpaired) electrons. The maximum Gasteiger partial charge on any atom is 0.266 e. The van der Waals surface area contributed by atoms with E-state index in [1.165, 1.54) is 11.8 Å². The van der Waals surface area contributed by atoms with Gasteiger partial charge in [0.15, 0.2) is 5.17 Å². The molecule has 8 heteroatoms. The van der Waals surface area contributed by atoms with Gasteiger partial charge in [-0.05, 0) is 0 Å². The monoisotopic (exact) mass is 268 g/mol. The molecule has 0 spiro atoms. The zero-order valence-electron chi connectivity index (χ0n) is 9.09. The Morgan fingerprint density at radius 2 is 2.29 bits per heavy atom. The Bertz CT molecular complexity index is 319. The minimum Gasteiger partial charge on any atom is -0.391 e. The lowest BCUT2D eigenvalue weighted by Gasteiger charge is -2.36. The van der Waals surface area contributed by atoms with E-state index in [9.17, 15) is 19.0 Å². The highest BCUT2D eigenvalue weighted by Gasteiger charge is 2.46. The Morgan fingerprint density at radius 1 is 1.59 bits per heavy atom. The molecule has 5 atom stereocenters. The molecule has 2 heterocycles. The molecule has 0 amide bonds. The molecule has 2 aliphatic rings. The molecule has 3 N–H and O–H groups in total. The van der Waals surface area contributed by atoms with Gasteiger partial charge in [0.1, 0.15) is 11.5 Å². The summed E-state index contributed by atoms with van der Waals surface area (Å²) in [5.41, 5.74) is -0.490. The van der Waals surface area contributed by atoms with Crippen LogP contribution in [0.4, 0.5) is 8.78 Å². The fraction of sp³-hybridized carbons (Fsp3) is 0.889. The lowest BCUT2D eigenvalue weighted by molar-refractivity contribution is -0.153. The third kappa shape index (κ3) is 2.54. The first-order valence-electron chi connectivity index (χ1n) is 5.22. The summed E-state index contributed by atoms with van der Waals surface area (Å²) in [5, 5.41) is 22.6. The molecule has 2 aliphatic heterocycles. The summed E-state index contributed by atoms with van der Waals surface area (Å²) in [7, 11) is 1.59. The van der Waals surface area contributed by atoms with Crippen LogP contribution in [0.1, 0.15) is 6.42 Å². The van der Waals surface area contributed by atoms with Crippen LogP contribution in [0.3, 0.4) is 0 Å². The summed E-state index contributed by atoms with van der Waals surface area (Å²) in [6.07, 6.45) is -6.64. The summed E-state index contributed by atoms with van der Waals surface area (Å²) in [6, 6.07) is -0.361. The molecule has 0 bridgehead atoms.